The Kier molecular flexibility index (Phi) is 9.69. The van der Waals surface area contributed by atoms with Crippen molar-refractivity contribution in [1.82, 2.24) is 34.5 Å². The first-order valence-electron chi connectivity index (χ1n) is 17.5. The number of pyridine rings is 2. The highest BCUT2D eigenvalue weighted by Crippen LogP contribution is 2.40. The van der Waals surface area contributed by atoms with Crippen LogP contribution >= 0.6 is 0 Å². The van der Waals surface area contributed by atoms with Crippen molar-refractivity contribution in [3.05, 3.63) is 71.9 Å². The highest BCUT2D eigenvalue weighted by atomic mass is 28.4. The van der Waals surface area contributed by atoms with E-state index in [1.807, 2.05) is 75.2 Å². The number of ether oxygens (including phenoxy) is 2. The van der Waals surface area contributed by atoms with Crippen molar-refractivity contribution in [1.29, 1.82) is 5.26 Å². The van der Waals surface area contributed by atoms with Gasteiger partial charge in [0.2, 0.25) is 0 Å². The lowest BCUT2D eigenvalue weighted by Gasteiger charge is -2.37. The molecule has 1 aliphatic heterocycles. The number of nitriles is 1. The van der Waals surface area contributed by atoms with Crippen LogP contribution < -0.4 is 4.74 Å². The van der Waals surface area contributed by atoms with Gasteiger partial charge in [0.15, 0.2) is 8.32 Å². The predicted octanol–water partition coefficient (Wildman–Crippen LogP) is 8.04. The van der Waals surface area contributed by atoms with Gasteiger partial charge in [0.05, 0.1) is 24.5 Å². The van der Waals surface area contributed by atoms with Gasteiger partial charge in [-0.25, -0.2) is 14.0 Å². The second kappa shape index (κ2) is 13.7. The minimum atomic E-state index is -2.17. The molecule has 12 nitrogen and oxygen atoms in total. The number of likely N-dealkylation sites (tertiary alicyclic amines) is 1. The fraction of sp³-hybridized carbons (Fsp3) is 0.474. The molecule has 0 saturated carbocycles. The van der Waals surface area contributed by atoms with E-state index in [0.29, 0.717) is 42.2 Å². The van der Waals surface area contributed by atoms with E-state index in [1.165, 1.54) is 0 Å². The number of carbonyl (C=O) groups is 1. The summed E-state index contributed by atoms with van der Waals surface area (Å²) in [6, 6.07) is 12.4. The predicted molar refractivity (Wildman–Crippen MR) is 198 cm³/mol. The molecule has 0 bridgehead atoms. The maximum Gasteiger partial charge on any atom is 0.410 e. The molecule has 1 aliphatic rings. The van der Waals surface area contributed by atoms with Gasteiger partial charge in [-0.05, 0) is 70.1 Å². The van der Waals surface area contributed by atoms with E-state index in [4.69, 9.17) is 13.9 Å². The number of benzene rings is 1. The Bertz CT molecular complexity index is 2090. The minimum Gasteiger partial charge on any atom is -0.481 e. The number of rotatable bonds is 8. The molecule has 0 aliphatic carbocycles. The monoisotopic (exact) mass is 708 g/mol. The molecular formula is C38H48N8O4Si. The molecule has 0 N–H and O–H groups in total. The van der Waals surface area contributed by atoms with Crippen LogP contribution in [0.1, 0.15) is 83.4 Å². The number of piperidine rings is 1. The Morgan fingerprint density at radius 2 is 1.80 bits per heavy atom. The van der Waals surface area contributed by atoms with E-state index < -0.39 is 20.0 Å². The molecule has 1 aromatic carbocycles. The van der Waals surface area contributed by atoms with Gasteiger partial charge < -0.3 is 18.8 Å². The number of hydrogen-bond acceptors (Lipinski definition) is 9. The Labute approximate surface area is 300 Å². The summed E-state index contributed by atoms with van der Waals surface area (Å²) in [7, 11) is -2.17. The Balaban J connectivity index is 1.35. The third-order valence-corrected chi connectivity index (χ3v) is 14.6. The van der Waals surface area contributed by atoms with Crippen LogP contribution in [0.4, 0.5) is 4.79 Å². The van der Waals surface area contributed by atoms with Crippen molar-refractivity contribution in [2.75, 3.05) is 19.7 Å². The molecule has 5 heterocycles. The van der Waals surface area contributed by atoms with Crippen LogP contribution in [0.2, 0.25) is 18.1 Å². The van der Waals surface area contributed by atoms with E-state index in [2.05, 4.69) is 66.4 Å². The fourth-order valence-electron chi connectivity index (χ4n) is 6.20. The lowest BCUT2D eigenvalue weighted by Crippen LogP contribution is -2.42. The number of aromatic nitrogens is 6. The van der Waals surface area contributed by atoms with Gasteiger partial charge in [-0.2, -0.15) is 10.4 Å². The number of nitrogens with zero attached hydrogens (tertiary/aromatic N) is 8. The largest absolute Gasteiger partial charge is 0.481 e. The molecule has 5 aromatic rings. The summed E-state index contributed by atoms with van der Waals surface area (Å²) >= 11 is 0. The zero-order valence-corrected chi connectivity index (χ0v) is 32.1. The molecule has 1 unspecified atom stereocenters. The summed E-state index contributed by atoms with van der Waals surface area (Å²) in [5.74, 6) is 0.484. The van der Waals surface area contributed by atoms with E-state index in [-0.39, 0.29) is 17.2 Å². The lowest BCUT2D eigenvalue weighted by atomic mass is 10.0. The van der Waals surface area contributed by atoms with Gasteiger partial charge in [0.1, 0.15) is 40.3 Å². The Hall–Kier alpha value is -4.80. The van der Waals surface area contributed by atoms with Crippen LogP contribution in [-0.4, -0.2) is 74.2 Å². The number of carbonyl (C=O) groups excluding carboxylic acids is 1. The average Bonchev–Trinajstić information content (AvgIpc) is 3.68. The van der Waals surface area contributed by atoms with E-state index in [9.17, 15) is 10.1 Å². The smallest absolute Gasteiger partial charge is 0.410 e. The van der Waals surface area contributed by atoms with Crippen LogP contribution in [0.3, 0.4) is 0 Å². The highest BCUT2D eigenvalue weighted by Gasteiger charge is 2.38. The number of hydrogen-bond donors (Lipinski definition) is 0. The SMILES string of the molecule is Cc1c(-c2cc(OC(CO[Si](C)(C)C(C)(C)C)c3cncc4ccccc34)c3c(C#N)cnn3c2)nnn1C1CCN(C(=O)OC(C)(C)C)CC1. The first-order valence-corrected chi connectivity index (χ1v) is 20.4. The van der Waals surface area contributed by atoms with Crippen LogP contribution in [0.5, 0.6) is 5.75 Å². The van der Waals surface area contributed by atoms with Gasteiger partial charge in [-0.15, -0.1) is 5.10 Å². The summed E-state index contributed by atoms with van der Waals surface area (Å²) in [4.78, 5) is 19.0. The van der Waals surface area contributed by atoms with Gasteiger partial charge >= 0.3 is 6.09 Å². The molecule has 0 spiro atoms. The third-order valence-electron chi connectivity index (χ3n) is 10.1. The first kappa shape index (κ1) is 36.0. The maximum absolute atomic E-state index is 12.7. The number of fused-ring (bicyclic) bond motifs is 2. The van der Waals surface area contributed by atoms with Crippen LogP contribution in [-0.2, 0) is 9.16 Å². The molecular weight excluding hydrogens is 661 g/mol. The summed E-state index contributed by atoms with van der Waals surface area (Å²) in [5.41, 5.74) is 3.64. The Morgan fingerprint density at radius 3 is 2.49 bits per heavy atom. The standard InChI is InChI=1S/C38H48N8O4Si/c1-25-34(42-43-46(25)29-14-16-44(17-15-29)36(47)50-37(2,3)4)27-18-32(35-28(19-39)21-41-45(35)23-27)49-33(24-48-51(8,9)38(5,6)7)31-22-40-20-26-12-10-11-13-30(26)31/h10-13,18,20-23,29,33H,14-17,24H2,1-9H3. The molecule has 6 rings (SSSR count). The van der Waals surface area contributed by atoms with Crippen molar-refractivity contribution >= 4 is 30.7 Å². The quantitative estimate of drug-likeness (QED) is 0.147. The normalized spacial score (nSPS) is 15.3. The average molecular weight is 709 g/mol. The molecule has 0 radical (unpaired) electrons. The molecule has 268 valence electrons. The molecule has 51 heavy (non-hydrogen) atoms. The van der Waals surface area contributed by atoms with Gasteiger partial charge in [-0.3, -0.25) is 4.98 Å². The zero-order chi connectivity index (χ0) is 36.7. The van der Waals surface area contributed by atoms with Crippen LogP contribution in [0.25, 0.3) is 27.5 Å². The van der Waals surface area contributed by atoms with Gasteiger partial charge in [0.25, 0.3) is 0 Å². The van der Waals surface area contributed by atoms with Gasteiger partial charge in [0, 0.05) is 48.2 Å². The van der Waals surface area contributed by atoms with Gasteiger partial charge in [-0.1, -0.05) is 50.3 Å². The lowest BCUT2D eigenvalue weighted by molar-refractivity contribution is 0.0183. The summed E-state index contributed by atoms with van der Waals surface area (Å²) < 4.78 is 23.0. The minimum absolute atomic E-state index is 0.00310. The molecule has 1 saturated heterocycles. The van der Waals surface area contributed by atoms with Crippen molar-refractivity contribution < 1.29 is 18.7 Å². The second-order valence-corrected chi connectivity index (χ2v) is 20.7. The molecule has 1 atom stereocenters. The summed E-state index contributed by atoms with van der Waals surface area (Å²) in [5, 5.41) is 25.8. The Morgan fingerprint density at radius 1 is 1.08 bits per heavy atom. The summed E-state index contributed by atoms with van der Waals surface area (Å²) in [6.07, 6.45) is 7.73. The van der Waals surface area contributed by atoms with Crippen molar-refractivity contribution in [3.8, 4) is 23.1 Å². The van der Waals surface area contributed by atoms with Crippen molar-refractivity contribution in [3.63, 3.8) is 0 Å². The number of amides is 1. The highest BCUT2D eigenvalue weighted by molar-refractivity contribution is 6.74. The maximum atomic E-state index is 12.7. The first-order chi connectivity index (χ1) is 24.1. The third kappa shape index (κ3) is 7.48. The topological polar surface area (TPSA) is 133 Å². The zero-order valence-electron chi connectivity index (χ0n) is 31.1. The van der Waals surface area contributed by atoms with E-state index >= 15 is 0 Å². The van der Waals surface area contributed by atoms with Crippen molar-refractivity contribution in [2.45, 2.75) is 97.2 Å². The molecule has 1 fully saturated rings. The van der Waals surface area contributed by atoms with E-state index in [1.54, 1.807) is 15.6 Å². The molecule has 1 amide bonds. The van der Waals surface area contributed by atoms with Crippen molar-refractivity contribution in [2.24, 2.45) is 0 Å². The van der Waals surface area contributed by atoms with Crippen LogP contribution in [0.15, 0.2) is 55.1 Å². The van der Waals surface area contributed by atoms with E-state index in [0.717, 1.165) is 40.4 Å². The van der Waals surface area contributed by atoms with Crippen LogP contribution in [0, 0.1) is 18.3 Å². The molecule has 4 aromatic heterocycles. The second-order valence-electron chi connectivity index (χ2n) is 15.9. The molecule has 13 heteroatoms. The summed E-state index contributed by atoms with van der Waals surface area (Å²) in [6.45, 7) is 20.2. The fourth-order valence-corrected chi connectivity index (χ4v) is 7.20.